The molecule has 1 aliphatic heterocycles. The van der Waals surface area contributed by atoms with Gasteiger partial charge in [-0.05, 0) is 18.9 Å². The highest BCUT2D eigenvalue weighted by molar-refractivity contribution is 5.07. The van der Waals surface area contributed by atoms with Gasteiger partial charge in [0.25, 0.3) is 0 Å². The molecule has 0 aromatic carbocycles. The largest absolute Gasteiger partial charge is 0.378 e. The quantitative estimate of drug-likeness (QED) is 0.853. The highest BCUT2D eigenvalue weighted by Gasteiger charge is 2.31. The summed E-state index contributed by atoms with van der Waals surface area (Å²) in [5, 5.41) is 7.17. The van der Waals surface area contributed by atoms with E-state index in [0.29, 0.717) is 6.04 Å². The van der Waals surface area contributed by atoms with Crippen molar-refractivity contribution in [2.45, 2.75) is 44.2 Å². The average molecular weight is 235 g/mol. The number of nitrogens with one attached hydrogen (secondary N) is 1. The van der Waals surface area contributed by atoms with Crippen LogP contribution < -0.4 is 0 Å². The molecule has 2 heterocycles. The Morgan fingerprint density at radius 3 is 2.94 bits per heavy atom. The van der Waals surface area contributed by atoms with E-state index in [-0.39, 0.29) is 0 Å². The Hall–Kier alpha value is -0.870. The predicted octanol–water partition coefficient (Wildman–Crippen LogP) is 2.12. The van der Waals surface area contributed by atoms with E-state index in [2.05, 4.69) is 21.2 Å². The van der Waals surface area contributed by atoms with E-state index in [1.165, 1.54) is 37.8 Å². The van der Waals surface area contributed by atoms with Crippen LogP contribution in [0.1, 0.15) is 43.8 Å². The van der Waals surface area contributed by atoms with Crippen LogP contribution in [0.5, 0.6) is 0 Å². The Morgan fingerprint density at radius 2 is 2.18 bits per heavy atom. The van der Waals surface area contributed by atoms with Crippen molar-refractivity contribution in [3.05, 3.63) is 18.0 Å². The van der Waals surface area contributed by atoms with E-state index in [1.807, 2.05) is 6.20 Å². The van der Waals surface area contributed by atoms with Gasteiger partial charge in [0.2, 0.25) is 0 Å². The van der Waals surface area contributed by atoms with Gasteiger partial charge in [-0.2, -0.15) is 5.10 Å². The zero-order valence-electron chi connectivity index (χ0n) is 10.3. The lowest BCUT2D eigenvalue weighted by Crippen LogP contribution is -2.46. The molecule has 4 heteroatoms. The predicted molar refractivity (Wildman–Crippen MR) is 65.7 cm³/mol. The first kappa shape index (κ1) is 11.2. The first-order chi connectivity index (χ1) is 8.45. The maximum absolute atomic E-state index is 5.64. The minimum atomic E-state index is 0.384. The van der Waals surface area contributed by atoms with Crippen molar-refractivity contribution in [1.29, 1.82) is 0 Å². The summed E-state index contributed by atoms with van der Waals surface area (Å²) in [4.78, 5) is 2.64. The van der Waals surface area contributed by atoms with Crippen LogP contribution in [0, 0.1) is 0 Å². The lowest BCUT2D eigenvalue weighted by atomic mass is 9.92. The molecule has 0 bridgehead atoms. The Labute approximate surface area is 102 Å². The Kier molecular flexibility index (Phi) is 3.43. The molecule has 1 atom stereocenters. The van der Waals surface area contributed by atoms with E-state index in [1.54, 1.807) is 0 Å². The van der Waals surface area contributed by atoms with Gasteiger partial charge in [-0.15, -0.1) is 0 Å². The lowest BCUT2D eigenvalue weighted by molar-refractivity contribution is -0.0388. The van der Waals surface area contributed by atoms with Crippen molar-refractivity contribution in [2.75, 3.05) is 19.8 Å². The monoisotopic (exact) mass is 235 g/mol. The molecule has 1 aromatic heterocycles. The molecule has 2 aliphatic rings. The van der Waals surface area contributed by atoms with Crippen molar-refractivity contribution in [3.8, 4) is 0 Å². The molecule has 0 radical (unpaired) electrons. The number of aromatic nitrogens is 2. The molecule has 1 aliphatic carbocycles. The number of hydrogen-bond donors (Lipinski definition) is 1. The maximum Gasteiger partial charge on any atom is 0.0755 e. The fourth-order valence-corrected chi connectivity index (χ4v) is 3.19. The van der Waals surface area contributed by atoms with Crippen LogP contribution in [0.4, 0.5) is 0 Å². The zero-order valence-corrected chi connectivity index (χ0v) is 10.3. The third-order valence-corrected chi connectivity index (χ3v) is 4.09. The molecule has 2 fully saturated rings. The van der Waals surface area contributed by atoms with Gasteiger partial charge in [0, 0.05) is 18.8 Å². The Morgan fingerprint density at radius 1 is 1.29 bits per heavy atom. The van der Waals surface area contributed by atoms with Gasteiger partial charge < -0.3 is 4.74 Å². The third kappa shape index (κ3) is 2.38. The van der Waals surface area contributed by atoms with Crippen LogP contribution >= 0.6 is 0 Å². The second-order valence-corrected chi connectivity index (χ2v) is 5.13. The molecule has 1 saturated heterocycles. The van der Waals surface area contributed by atoms with Gasteiger partial charge in [-0.1, -0.05) is 19.3 Å². The fourth-order valence-electron chi connectivity index (χ4n) is 3.19. The van der Waals surface area contributed by atoms with E-state index in [0.717, 1.165) is 25.8 Å². The average Bonchev–Trinajstić information content (AvgIpc) is 2.94. The van der Waals surface area contributed by atoms with E-state index in [9.17, 15) is 0 Å². The number of hydrogen-bond acceptors (Lipinski definition) is 3. The van der Waals surface area contributed by atoms with Gasteiger partial charge in [-0.25, -0.2) is 0 Å². The molecule has 0 spiro atoms. The molecule has 94 valence electrons. The maximum atomic E-state index is 5.64. The van der Waals surface area contributed by atoms with E-state index in [4.69, 9.17) is 4.74 Å². The summed E-state index contributed by atoms with van der Waals surface area (Å²) in [6, 6.07) is 3.21. The van der Waals surface area contributed by atoms with Gasteiger partial charge in [0.05, 0.1) is 24.9 Å². The summed E-state index contributed by atoms with van der Waals surface area (Å²) in [6.07, 6.45) is 8.73. The molecule has 4 nitrogen and oxygen atoms in total. The van der Waals surface area contributed by atoms with Crippen molar-refractivity contribution < 1.29 is 4.74 Å². The van der Waals surface area contributed by atoms with Gasteiger partial charge in [0.15, 0.2) is 0 Å². The summed E-state index contributed by atoms with van der Waals surface area (Å²) >= 11 is 0. The lowest BCUT2D eigenvalue weighted by Gasteiger charge is -2.42. The molecule has 1 saturated carbocycles. The number of morpholine rings is 1. The Bertz CT molecular complexity index is 332. The normalized spacial score (nSPS) is 28.4. The van der Waals surface area contributed by atoms with Gasteiger partial charge in [-0.3, -0.25) is 10.00 Å². The summed E-state index contributed by atoms with van der Waals surface area (Å²) in [6.45, 7) is 2.74. The van der Waals surface area contributed by atoms with Crippen LogP contribution in [0.3, 0.4) is 0 Å². The summed E-state index contributed by atoms with van der Waals surface area (Å²) in [5.41, 5.74) is 1.20. The summed E-state index contributed by atoms with van der Waals surface area (Å²) < 4.78 is 5.64. The zero-order chi connectivity index (χ0) is 11.5. The number of rotatable bonds is 2. The molecule has 3 rings (SSSR count). The SMILES string of the molecule is c1cc(C2COCCN2C2CCCCC2)[nH]n1. The van der Waals surface area contributed by atoms with Crippen molar-refractivity contribution in [3.63, 3.8) is 0 Å². The van der Waals surface area contributed by atoms with Crippen LogP contribution in [0.2, 0.25) is 0 Å². The third-order valence-electron chi connectivity index (χ3n) is 4.09. The minimum Gasteiger partial charge on any atom is -0.378 e. The highest BCUT2D eigenvalue weighted by atomic mass is 16.5. The van der Waals surface area contributed by atoms with Gasteiger partial charge >= 0.3 is 0 Å². The van der Waals surface area contributed by atoms with Crippen molar-refractivity contribution in [1.82, 2.24) is 15.1 Å². The van der Waals surface area contributed by atoms with Crippen molar-refractivity contribution in [2.24, 2.45) is 0 Å². The smallest absolute Gasteiger partial charge is 0.0755 e. The fraction of sp³-hybridized carbons (Fsp3) is 0.769. The number of ether oxygens (including phenoxy) is 1. The molecular formula is C13H21N3O. The number of nitrogens with zero attached hydrogens (tertiary/aromatic N) is 2. The molecule has 17 heavy (non-hydrogen) atoms. The molecule has 0 amide bonds. The van der Waals surface area contributed by atoms with E-state index >= 15 is 0 Å². The van der Waals surface area contributed by atoms with E-state index < -0.39 is 0 Å². The van der Waals surface area contributed by atoms with Crippen molar-refractivity contribution >= 4 is 0 Å². The standard InChI is InChI=1S/C13H21N3O/c1-2-4-11(5-3-1)16-8-9-17-10-13(16)12-6-7-14-15-12/h6-7,11,13H,1-5,8-10H2,(H,14,15). The molecule has 1 aromatic rings. The highest BCUT2D eigenvalue weighted by Crippen LogP contribution is 2.31. The molecular weight excluding hydrogens is 214 g/mol. The Balaban J connectivity index is 1.75. The van der Waals surface area contributed by atoms with Crippen LogP contribution in [0.15, 0.2) is 12.3 Å². The molecule has 1 N–H and O–H groups in total. The number of aromatic amines is 1. The number of H-pyrrole nitrogens is 1. The van der Waals surface area contributed by atoms with Crippen LogP contribution in [-0.2, 0) is 4.74 Å². The second kappa shape index (κ2) is 5.19. The topological polar surface area (TPSA) is 41.1 Å². The summed E-state index contributed by atoms with van der Waals surface area (Å²) in [5.74, 6) is 0. The first-order valence-electron chi connectivity index (χ1n) is 6.78. The minimum absolute atomic E-state index is 0.384. The summed E-state index contributed by atoms with van der Waals surface area (Å²) in [7, 11) is 0. The van der Waals surface area contributed by atoms with Crippen LogP contribution in [0.25, 0.3) is 0 Å². The van der Waals surface area contributed by atoms with Crippen LogP contribution in [-0.4, -0.2) is 40.9 Å². The first-order valence-corrected chi connectivity index (χ1v) is 6.78. The van der Waals surface area contributed by atoms with Gasteiger partial charge in [0.1, 0.15) is 0 Å². The second-order valence-electron chi connectivity index (χ2n) is 5.13. The molecule has 1 unspecified atom stereocenters.